The Labute approximate surface area is 104 Å². The third-order valence-corrected chi connectivity index (χ3v) is 3.52. The fourth-order valence-electron chi connectivity index (χ4n) is 1.55. The fourth-order valence-corrected chi connectivity index (χ4v) is 2.45. The summed E-state index contributed by atoms with van der Waals surface area (Å²) in [5.41, 5.74) is 1.99. The molecule has 0 aliphatic carbocycles. The number of rotatable bonds is 3. The Bertz CT molecular complexity index is 552. The van der Waals surface area contributed by atoms with Crippen molar-refractivity contribution in [2.24, 2.45) is 0 Å². The van der Waals surface area contributed by atoms with E-state index in [2.05, 4.69) is 11.1 Å². The molecule has 3 nitrogen and oxygen atoms in total. The summed E-state index contributed by atoms with van der Waals surface area (Å²) in [4.78, 5) is 5.09. The number of nitrogens with zero attached hydrogens (tertiary/aromatic N) is 2. The van der Waals surface area contributed by atoms with Crippen LogP contribution in [-0.4, -0.2) is 12.1 Å². The quantitative estimate of drug-likeness (QED) is 0.834. The number of aryl methyl sites for hydroxylation is 1. The number of ether oxygens (including phenoxy) is 1. The SMILES string of the molecule is COc1ccc(Cc2nc(C)c(C#N)s2)cc1. The summed E-state index contributed by atoms with van der Waals surface area (Å²) < 4.78 is 5.10. The summed E-state index contributed by atoms with van der Waals surface area (Å²) >= 11 is 1.46. The summed E-state index contributed by atoms with van der Waals surface area (Å²) in [6, 6.07) is 10.0. The second-order valence-electron chi connectivity index (χ2n) is 3.66. The Morgan fingerprint density at radius 2 is 2.06 bits per heavy atom. The number of hydrogen-bond acceptors (Lipinski definition) is 4. The average Bonchev–Trinajstić information content (AvgIpc) is 2.70. The third-order valence-electron chi connectivity index (χ3n) is 2.46. The van der Waals surface area contributed by atoms with Gasteiger partial charge >= 0.3 is 0 Å². The molecule has 2 aromatic rings. The lowest BCUT2D eigenvalue weighted by Crippen LogP contribution is -1.88. The Morgan fingerprint density at radius 1 is 1.35 bits per heavy atom. The van der Waals surface area contributed by atoms with Gasteiger partial charge < -0.3 is 4.74 Å². The molecule has 1 aromatic heterocycles. The molecule has 17 heavy (non-hydrogen) atoms. The average molecular weight is 244 g/mol. The van der Waals surface area contributed by atoms with Gasteiger partial charge in [0, 0.05) is 6.42 Å². The Balaban J connectivity index is 2.17. The first-order valence-corrected chi connectivity index (χ1v) is 6.04. The molecule has 0 unspecified atom stereocenters. The van der Waals surface area contributed by atoms with Gasteiger partial charge in [-0.3, -0.25) is 0 Å². The standard InChI is InChI=1S/C13H12N2OS/c1-9-12(8-14)17-13(15-9)7-10-3-5-11(16-2)6-4-10/h3-6H,7H2,1-2H3. The van der Waals surface area contributed by atoms with Crippen molar-refractivity contribution in [3.8, 4) is 11.8 Å². The summed E-state index contributed by atoms with van der Waals surface area (Å²) in [6.45, 7) is 1.87. The second kappa shape index (κ2) is 4.98. The monoisotopic (exact) mass is 244 g/mol. The minimum absolute atomic E-state index is 0.702. The Hall–Kier alpha value is -1.86. The highest BCUT2D eigenvalue weighted by Gasteiger charge is 2.07. The molecule has 0 fully saturated rings. The highest BCUT2D eigenvalue weighted by Crippen LogP contribution is 2.21. The van der Waals surface area contributed by atoms with E-state index in [1.165, 1.54) is 16.9 Å². The summed E-state index contributed by atoms with van der Waals surface area (Å²) in [7, 11) is 1.65. The molecule has 0 saturated carbocycles. The molecular formula is C13H12N2OS. The van der Waals surface area contributed by atoms with Gasteiger partial charge in [0.05, 0.1) is 17.8 Å². The Kier molecular flexibility index (Phi) is 3.40. The van der Waals surface area contributed by atoms with Gasteiger partial charge in [-0.25, -0.2) is 4.98 Å². The summed E-state index contributed by atoms with van der Waals surface area (Å²) in [6.07, 6.45) is 0.761. The minimum Gasteiger partial charge on any atom is -0.497 e. The van der Waals surface area contributed by atoms with Crippen molar-refractivity contribution in [2.75, 3.05) is 7.11 Å². The van der Waals surface area contributed by atoms with Gasteiger partial charge in [0.25, 0.3) is 0 Å². The molecule has 0 bridgehead atoms. The normalized spacial score (nSPS) is 9.94. The van der Waals surface area contributed by atoms with Crippen molar-refractivity contribution in [1.29, 1.82) is 5.26 Å². The topological polar surface area (TPSA) is 45.9 Å². The molecule has 0 radical (unpaired) electrons. The van der Waals surface area contributed by atoms with E-state index in [0.29, 0.717) is 4.88 Å². The molecular weight excluding hydrogens is 232 g/mol. The lowest BCUT2D eigenvalue weighted by Gasteiger charge is -2.01. The number of hydrogen-bond donors (Lipinski definition) is 0. The molecule has 86 valence electrons. The van der Waals surface area contributed by atoms with Crippen LogP contribution in [0, 0.1) is 18.3 Å². The van der Waals surface area contributed by atoms with Crippen molar-refractivity contribution >= 4 is 11.3 Å². The maximum absolute atomic E-state index is 8.87. The van der Waals surface area contributed by atoms with Crippen LogP contribution in [0.1, 0.15) is 21.1 Å². The number of aromatic nitrogens is 1. The highest BCUT2D eigenvalue weighted by atomic mass is 32.1. The van der Waals surface area contributed by atoms with Crippen LogP contribution in [0.25, 0.3) is 0 Å². The molecule has 1 aromatic carbocycles. The zero-order valence-corrected chi connectivity index (χ0v) is 10.5. The molecule has 0 saturated heterocycles. The van der Waals surface area contributed by atoms with E-state index in [1.807, 2.05) is 31.2 Å². The van der Waals surface area contributed by atoms with E-state index < -0.39 is 0 Å². The van der Waals surface area contributed by atoms with Gasteiger partial charge in [0.15, 0.2) is 0 Å². The van der Waals surface area contributed by atoms with Crippen molar-refractivity contribution in [2.45, 2.75) is 13.3 Å². The number of thiazole rings is 1. The molecule has 1 heterocycles. The van der Waals surface area contributed by atoms with Crippen LogP contribution in [0.5, 0.6) is 5.75 Å². The van der Waals surface area contributed by atoms with Crippen LogP contribution in [0.3, 0.4) is 0 Å². The van der Waals surface area contributed by atoms with Crippen LogP contribution in [0.4, 0.5) is 0 Å². The van der Waals surface area contributed by atoms with E-state index >= 15 is 0 Å². The van der Waals surface area contributed by atoms with Gasteiger partial charge in [-0.1, -0.05) is 12.1 Å². The first-order valence-electron chi connectivity index (χ1n) is 5.22. The van der Waals surface area contributed by atoms with Crippen LogP contribution in [0.2, 0.25) is 0 Å². The molecule has 0 aliphatic rings. The maximum atomic E-state index is 8.87. The van der Waals surface area contributed by atoms with Gasteiger partial charge in [-0.15, -0.1) is 11.3 Å². The third kappa shape index (κ3) is 2.63. The summed E-state index contributed by atoms with van der Waals surface area (Å²) in [5, 5.41) is 9.85. The fraction of sp³-hybridized carbons (Fsp3) is 0.231. The maximum Gasteiger partial charge on any atom is 0.127 e. The largest absolute Gasteiger partial charge is 0.497 e. The summed E-state index contributed by atoms with van der Waals surface area (Å²) in [5.74, 6) is 0.849. The van der Waals surface area contributed by atoms with Crippen LogP contribution in [-0.2, 0) is 6.42 Å². The van der Waals surface area contributed by atoms with Gasteiger partial charge in [0.2, 0.25) is 0 Å². The zero-order valence-electron chi connectivity index (χ0n) is 9.73. The van der Waals surface area contributed by atoms with E-state index in [-0.39, 0.29) is 0 Å². The van der Waals surface area contributed by atoms with Crippen molar-refractivity contribution in [3.05, 3.63) is 45.4 Å². The van der Waals surface area contributed by atoms with Gasteiger partial charge in [-0.05, 0) is 24.6 Å². The van der Waals surface area contributed by atoms with E-state index in [9.17, 15) is 0 Å². The predicted molar refractivity (Wildman–Crippen MR) is 67.4 cm³/mol. The number of methoxy groups -OCH3 is 1. The highest BCUT2D eigenvalue weighted by molar-refractivity contribution is 7.12. The number of nitriles is 1. The van der Waals surface area contributed by atoms with Crippen molar-refractivity contribution in [3.63, 3.8) is 0 Å². The van der Waals surface area contributed by atoms with E-state index in [4.69, 9.17) is 10.00 Å². The lowest BCUT2D eigenvalue weighted by atomic mass is 10.1. The molecule has 4 heteroatoms. The van der Waals surface area contributed by atoms with E-state index in [1.54, 1.807) is 7.11 Å². The molecule has 2 rings (SSSR count). The number of benzene rings is 1. The van der Waals surface area contributed by atoms with Crippen molar-refractivity contribution in [1.82, 2.24) is 4.98 Å². The van der Waals surface area contributed by atoms with Crippen LogP contribution < -0.4 is 4.74 Å². The van der Waals surface area contributed by atoms with E-state index in [0.717, 1.165) is 22.9 Å². The zero-order chi connectivity index (χ0) is 12.3. The van der Waals surface area contributed by atoms with Crippen molar-refractivity contribution < 1.29 is 4.74 Å². The van der Waals surface area contributed by atoms with Gasteiger partial charge in [0.1, 0.15) is 16.7 Å². The second-order valence-corrected chi connectivity index (χ2v) is 4.74. The van der Waals surface area contributed by atoms with Crippen LogP contribution in [0.15, 0.2) is 24.3 Å². The molecule has 0 spiro atoms. The Morgan fingerprint density at radius 3 is 2.59 bits per heavy atom. The lowest BCUT2D eigenvalue weighted by molar-refractivity contribution is 0.414. The molecule has 0 aliphatic heterocycles. The molecule has 0 amide bonds. The predicted octanol–water partition coefficient (Wildman–Crippen LogP) is 2.92. The first kappa shape index (κ1) is 11.6. The van der Waals surface area contributed by atoms with Gasteiger partial charge in [-0.2, -0.15) is 5.26 Å². The first-order chi connectivity index (χ1) is 8.22. The smallest absolute Gasteiger partial charge is 0.127 e. The molecule has 0 atom stereocenters. The molecule has 0 N–H and O–H groups in total. The minimum atomic E-state index is 0.702. The van der Waals surface area contributed by atoms with Crippen LogP contribution >= 0.6 is 11.3 Å².